The van der Waals surface area contributed by atoms with Gasteiger partial charge in [-0.3, -0.25) is 0 Å². The molecule has 17 heavy (non-hydrogen) atoms. The van der Waals surface area contributed by atoms with E-state index in [1.54, 1.807) is 12.1 Å². The number of rotatable bonds is 2. The number of oxazole rings is 1. The monoisotopic (exact) mass is 270 g/mol. The molecule has 1 aromatic carbocycles. The Morgan fingerprint density at radius 2 is 2.12 bits per heavy atom. The predicted molar refractivity (Wildman–Crippen MR) is 68.3 cm³/mol. The van der Waals surface area contributed by atoms with Crippen LogP contribution in [-0.4, -0.2) is 4.98 Å². The van der Waals surface area contributed by atoms with Crippen LogP contribution in [0.15, 0.2) is 16.5 Å². The van der Waals surface area contributed by atoms with Gasteiger partial charge in [0.1, 0.15) is 5.52 Å². The second-order valence-corrected chi connectivity index (χ2v) is 5.66. The van der Waals surface area contributed by atoms with Crippen molar-refractivity contribution in [1.82, 2.24) is 4.98 Å². The molecular formula is C12H12Cl2N2O. The molecule has 3 rings (SSSR count). The van der Waals surface area contributed by atoms with Crippen LogP contribution in [0.25, 0.3) is 11.1 Å². The first-order valence-electron chi connectivity index (χ1n) is 5.53. The number of aromatic nitrogens is 1. The van der Waals surface area contributed by atoms with Crippen LogP contribution in [0.4, 0.5) is 0 Å². The van der Waals surface area contributed by atoms with Gasteiger partial charge in [-0.25, -0.2) is 4.98 Å². The van der Waals surface area contributed by atoms with Gasteiger partial charge in [0.25, 0.3) is 0 Å². The highest BCUT2D eigenvalue weighted by atomic mass is 35.5. The molecule has 5 heteroatoms. The molecule has 0 saturated heterocycles. The maximum Gasteiger partial charge on any atom is 0.215 e. The first-order valence-corrected chi connectivity index (χ1v) is 6.29. The smallest absolute Gasteiger partial charge is 0.215 e. The molecule has 0 radical (unpaired) electrons. The molecule has 1 heterocycles. The van der Waals surface area contributed by atoms with E-state index in [-0.39, 0.29) is 0 Å². The SMILES string of the molecule is CC(N)(c1nc2cc(Cl)cc(Cl)c2o1)C1CC1. The average molecular weight is 271 g/mol. The molecule has 2 aromatic rings. The maximum atomic E-state index is 6.26. The predicted octanol–water partition coefficient (Wildman–Crippen LogP) is 3.72. The van der Waals surface area contributed by atoms with Crippen LogP contribution in [0, 0.1) is 5.92 Å². The van der Waals surface area contributed by atoms with E-state index < -0.39 is 5.54 Å². The normalized spacial score (nSPS) is 19.5. The van der Waals surface area contributed by atoms with Gasteiger partial charge in [-0.15, -0.1) is 0 Å². The molecule has 1 aliphatic carbocycles. The second-order valence-electron chi connectivity index (χ2n) is 4.81. The van der Waals surface area contributed by atoms with Gasteiger partial charge < -0.3 is 10.2 Å². The van der Waals surface area contributed by atoms with Crippen molar-refractivity contribution in [1.29, 1.82) is 0 Å². The van der Waals surface area contributed by atoms with Crippen molar-refractivity contribution in [2.75, 3.05) is 0 Å². The molecule has 0 spiro atoms. The zero-order chi connectivity index (χ0) is 12.2. The number of nitrogens with two attached hydrogens (primary N) is 1. The summed E-state index contributed by atoms with van der Waals surface area (Å²) in [6.45, 7) is 1.95. The fourth-order valence-corrected chi connectivity index (χ4v) is 2.57. The van der Waals surface area contributed by atoms with E-state index in [2.05, 4.69) is 4.98 Å². The summed E-state index contributed by atoms with van der Waals surface area (Å²) in [5, 5.41) is 1.02. The number of fused-ring (bicyclic) bond motifs is 1. The summed E-state index contributed by atoms with van der Waals surface area (Å²) in [7, 11) is 0. The lowest BCUT2D eigenvalue weighted by atomic mass is 9.97. The summed E-state index contributed by atoms with van der Waals surface area (Å²) >= 11 is 12.0. The Hall–Kier alpha value is -0.770. The third-order valence-electron chi connectivity index (χ3n) is 3.30. The topological polar surface area (TPSA) is 52.0 Å². The largest absolute Gasteiger partial charge is 0.437 e. The van der Waals surface area contributed by atoms with Gasteiger partial charge in [-0.05, 0) is 37.8 Å². The molecule has 1 aromatic heterocycles. The maximum absolute atomic E-state index is 6.26. The highest BCUT2D eigenvalue weighted by molar-refractivity contribution is 6.37. The molecule has 1 unspecified atom stereocenters. The van der Waals surface area contributed by atoms with Crippen molar-refractivity contribution in [3.63, 3.8) is 0 Å². The molecule has 0 amide bonds. The van der Waals surface area contributed by atoms with E-state index >= 15 is 0 Å². The number of hydrogen-bond acceptors (Lipinski definition) is 3. The van der Waals surface area contributed by atoms with Crippen LogP contribution in [0.5, 0.6) is 0 Å². The molecule has 0 aliphatic heterocycles. The lowest BCUT2D eigenvalue weighted by Gasteiger charge is -2.19. The van der Waals surface area contributed by atoms with Crippen LogP contribution in [-0.2, 0) is 5.54 Å². The minimum Gasteiger partial charge on any atom is -0.437 e. The summed E-state index contributed by atoms with van der Waals surface area (Å²) in [6.07, 6.45) is 2.25. The molecule has 90 valence electrons. The van der Waals surface area contributed by atoms with Crippen LogP contribution in [0.1, 0.15) is 25.7 Å². The van der Waals surface area contributed by atoms with Gasteiger partial charge in [0.2, 0.25) is 5.89 Å². The summed E-state index contributed by atoms with van der Waals surface area (Å²) < 4.78 is 5.69. The van der Waals surface area contributed by atoms with Gasteiger partial charge in [0, 0.05) is 5.02 Å². The van der Waals surface area contributed by atoms with Crippen molar-refractivity contribution in [2.45, 2.75) is 25.3 Å². The van der Waals surface area contributed by atoms with E-state index in [4.69, 9.17) is 33.4 Å². The Morgan fingerprint density at radius 3 is 2.76 bits per heavy atom. The van der Waals surface area contributed by atoms with Crippen molar-refractivity contribution in [3.8, 4) is 0 Å². The molecule has 0 bridgehead atoms. The summed E-state index contributed by atoms with van der Waals surface area (Å²) in [5.74, 6) is 0.990. The molecule has 3 nitrogen and oxygen atoms in total. The van der Waals surface area contributed by atoms with E-state index in [0.717, 1.165) is 12.8 Å². The van der Waals surface area contributed by atoms with Gasteiger partial charge in [0.15, 0.2) is 5.58 Å². The molecule has 1 fully saturated rings. The zero-order valence-electron chi connectivity index (χ0n) is 9.34. The van der Waals surface area contributed by atoms with Crippen LogP contribution >= 0.6 is 23.2 Å². The van der Waals surface area contributed by atoms with Crippen LogP contribution in [0.2, 0.25) is 10.0 Å². The Kier molecular flexibility index (Phi) is 2.41. The van der Waals surface area contributed by atoms with Crippen molar-refractivity contribution < 1.29 is 4.42 Å². The summed E-state index contributed by atoms with van der Waals surface area (Å²) in [4.78, 5) is 4.41. The van der Waals surface area contributed by atoms with Gasteiger partial charge in [-0.1, -0.05) is 23.2 Å². The van der Waals surface area contributed by atoms with Gasteiger partial charge in [0.05, 0.1) is 10.6 Å². The Labute approximate surface area is 109 Å². The number of benzene rings is 1. The quantitative estimate of drug-likeness (QED) is 0.905. The summed E-state index contributed by atoms with van der Waals surface area (Å²) in [5.41, 5.74) is 6.96. The lowest BCUT2D eigenvalue weighted by Crippen LogP contribution is -2.35. The van der Waals surface area contributed by atoms with Crippen molar-refractivity contribution in [3.05, 3.63) is 28.1 Å². The van der Waals surface area contributed by atoms with E-state index in [9.17, 15) is 0 Å². The Morgan fingerprint density at radius 1 is 1.41 bits per heavy atom. The van der Waals surface area contributed by atoms with E-state index in [0.29, 0.717) is 33.0 Å². The Bertz CT molecular complexity index is 587. The first kappa shape index (κ1) is 11.3. The highest BCUT2D eigenvalue weighted by Gasteiger charge is 2.43. The number of halogens is 2. The van der Waals surface area contributed by atoms with Crippen molar-refractivity contribution >= 4 is 34.3 Å². The number of hydrogen-bond donors (Lipinski definition) is 1. The fraction of sp³-hybridized carbons (Fsp3) is 0.417. The lowest BCUT2D eigenvalue weighted by molar-refractivity contribution is 0.327. The molecular weight excluding hydrogens is 259 g/mol. The summed E-state index contributed by atoms with van der Waals surface area (Å²) in [6, 6.07) is 3.38. The number of nitrogens with zero attached hydrogens (tertiary/aromatic N) is 1. The second kappa shape index (κ2) is 3.61. The standard InChI is InChI=1S/C12H12Cl2N2O/c1-12(15,6-2-3-6)11-16-9-5-7(13)4-8(14)10(9)17-11/h4-6H,2-3,15H2,1H3. The first-order chi connectivity index (χ1) is 7.98. The third kappa shape index (κ3) is 1.82. The minimum atomic E-state index is -0.519. The fourth-order valence-electron chi connectivity index (χ4n) is 2.05. The van der Waals surface area contributed by atoms with E-state index in [1.165, 1.54) is 0 Å². The Balaban J connectivity index is 2.16. The van der Waals surface area contributed by atoms with Gasteiger partial charge in [-0.2, -0.15) is 0 Å². The third-order valence-corrected chi connectivity index (χ3v) is 3.79. The average Bonchev–Trinajstić information content (AvgIpc) is 2.99. The van der Waals surface area contributed by atoms with Crippen molar-refractivity contribution in [2.24, 2.45) is 11.7 Å². The molecule has 1 aliphatic rings. The molecule has 1 saturated carbocycles. The van der Waals surface area contributed by atoms with E-state index in [1.807, 2.05) is 6.92 Å². The minimum absolute atomic E-state index is 0.449. The zero-order valence-corrected chi connectivity index (χ0v) is 10.8. The molecule has 2 N–H and O–H groups in total. The van der Waals surface area contributed by atoms with Crippen LogP contribution in [0.3, 0.4) is 0 Å². The van der Waals surface area contributed by atoms with Gasteiger partial charge >= 0.3 is 0 Å². The molecule has 1 atom stereocenters. The van der Waals surface area contributed by atoms with Crippen LogP contribution < -0.4 is 5.73 Å². The highest BCUT2D eigenvalue weighted by Crippen LogP contribution is 2.44.